The van der Waals surface area contributed by atoms with Gasteiger partial charge in [-0.1, -0.05) is 46.5 Å². The number of hydrogen-bond acceptors (Lipinski definition) is 2. The molecule has 0 spiro atoms. The van der Waals surface area contributed by atoms with E-state index in [1.54, 1.807) is 0 Å². The second kappa shape index (κ2) is 12.2. The van der Waals surface area contributed by atoms with Crippen LogP contribution in [0.5, 0.6) is 0 Å². The normalized spacial score (nSPS) is 12.0. The van der Waals surface area contributed by atoms with Gasteiger partial charge >= 0.3 is 10.0 Å². The molecule has 15 heavy (non-hydrogen) atoms. The van der Waals surface area contributed by atoms with Gasteiger partial charge < -0.3 is 8.85 Å². The topological polar surface area (TPSA) is 18.5 Å². The van der Waals surface area contributed by atoms with E-state index in [0.29, 0.717) is 6.10 Å². The van der Waals surface area contributed by atoms with E-state index in [1.807, 2.05) is 0 Å². The van der Waals surface area contributed by atoms with E-state index < -0.39 is 10.0 Å². The Hall–Kier alpha value is 0.137. The molecule has 3 heteroatoms. The Bertz CT molecular complexity index is 112. The Morgan fingerprint density at radius 1 is 0.933 bits per heavy atom. The van der Waals surface area contributed by atoms with Crippen molar-refractivity contribution in [3.8, 4) is 0 Å². The maximum atomic E-state index is 5.86. The van der Waals surface area contributed by atoms with E-state index in [1.165, 1.54) is 38.5 Å². The fraction of sp³-hybridized carbons (Fsp3) is 1.00. The van der Waals surface area contributed by atoms with Gasteiger partial charge in [-0.2, -0.15) is 0 Å². The zero-order valence-corrected chi connectivity index (χ0v) is 12.2. The molecule has 0 aliphatic carbocycles. The van der Waals surface area contributed by atoms with Crippen molar-refractivity contribution >= 4 is 10.0 Å². The van der Waals surface area contributed by atoms with E-state index >= 15 is 0 Å². The Morgan fingerprint density at radius 2 is 1.53 bits per heavy atom. The highest BCUT2D eigenvalue weighted by Gasteiger charge is 2.07. The molecule has 0 aliphatic heterocycles. The molecule has 0 N–H and O–H groups in total. The predicted octanol–water partition coefficient (Wildman–Crippen LogP) is 3.18. The van der Waals surface area contributed by atoms with Gasteiger partial charge in [-0.15, -0.1) is 0 Å². The molecule has 2 nitrogen and oxygen atoms in total. The van der Waals surface area contributed by atoms with Gasteiger partial charge in [0.1, 0.15) is 0 Å². The standard InChI is InChI=1S/C12H28O2Si/c1-4-7-9-12(10-8-5-2)14-15-13-11-6-3/h12H,4-11,15H2,1-3H3. The van der Waals surface area contributed by atoms with Crippen molar-refractivity contribution in [2.75, 3.05) is 6.61 Å². The number of unbranched alkanes of at least 4 members (excludes halogenated alkanes) is 2. The molecule has 0 atom stereocenters. The van der Waals surface area contributed by atoms with Crippen molar-refractivity contribution in [1.82, 2.24) is 0 Å². The van der Waals surface area contributed by atoms with E-state index in [9.17, 15) is 0 Å². The van der Waals surface area contributed by atoms with Crippen LogP contribution in [0.3, 0.4) is 0 Å². The average Bonchev–Trinajstić information content (AvgIpc) is 2.27. The van der Waals surface area contributed by atoms with Gasteiger partial charge in [0.25, 0.3) is 0 Å². The Morgan fingerprint density at radius 3 is 2.00 bits per heavy atom. The second-order valence-electron chi connectivity index (χ2n) is 4.10. The van der Waals surface area contributed by atoms with Gasteiger partial charge in [0.2, 0.25) is 0 Å². The molecule has 0 radical (unpaired) electrons. The molecular weight excluding hydrogens is 204 g/mol. The first-order valence-corrected chi connectivity index (χ1v) is 7.69. The van der Waals surface area contributed by atoms with E-state index in [2.05, 4.69) is 20.8 Å². The van der Waals surface area contributed by atoms with Crippen molar-refractivity contribution < 1.29 is 8.85 Å². The first-order chi connectivity index (χ1) is 7.35. The summed E-state index contributed by atoms with van der Waals surface area (Å²) in [6, 6.07) is 0. The highest BCUT2D eigenvalue weighted by Crippen LogP contribution is 2.11. The summed E-state index contributed by atoms with van der Waals surface area (Å²) in [5.74, 6) is 0. The number of rotatable bonds is 11. The smallest absolute Gasteiger partial charge is 0.304 e. The van der Waals surface area contributed by atoms with Crippen LogP contribution in [0.15, 0.2) is 0 Å². The van der Waals surface area contributed by atoms with E-state index in [0.717, 1.165) is 13.0 Å². The third-order valence-corrected chi connectivity index (χ3v) is 3.56. The minimum atomic E-state index is -0.703. The monoisotopic (exact) mass is 232 g/mol. The maximum Gasteiger partial charge on any atom is 0.304 e. The maximum absolute atomic E-state index is 5.86. The zero-order valence-electron chi connectivity index (χ0n) is 10.8. The van der Waals surface area contributed by atoms with Crippen LogP contribution in [0, 0.1) is 0 Å². The first-order valence-electron chi connectivity index (χ1n) is 6.54. The molecule has 0 fully saturated rings. The molecule has 0 rings (SSSR count). The minimum absolute atomic E-state index is 0.480. The van der Waals surface area contributed by atoms with E-state index in [4.69, 9.17) is 8.85 Å². The third-order valence-electron chi connectivity index (χ3n) is 2.49. The van der Waals surface area contributed by atoms with Gasteiger partial charge in [-0.05, 0) is 19.3 Å². The lowest BCUT2D eigenvalue weighted by molar-refractivity contribution is 0.136. The van der Waals surface area contributed by atoms with Crippen LogP contribution < -0.4 is 0 Å². The highest BCUT2D eigenvalue weighted by molar-refractivity contribution is 6.18. The SMILES string of the molecule is CCCCC(CCCC)O[SiH2]OCCC. The lowest BCUT2D eigenvalue weighted by Gasteiger charge is -2.17. The molecule has 0 saturated heterocycles. The van der Waals surface area contributed by atoms with E-state index in [-0.39, 0.29) is 0 Å². The molecule has 0 saturated carbocycles. The molecular formula is C12H28O2Si. The van der Waals surface area contributed by atoms with Crippen LogP contribution >= 0.6 is 0 Å². The van der Waals surface area contributed by atoms with Crippen molar-refractivity contribution in [2.45, 2.75) is 71.8 Å². The lowest BCUT2D eigenvalue weighted by Crippen LogP contribution is -2.18. The van der Waals surface area contributed by atoms with Gasteiger partial charge in [0.15, 0.2) is 0 Å². The highest BCUT2D eigenvalue weighted by atomic mass is 28.3. The van der Waals surface area contributed by atoms with Crippen LogP contribution in [-0.2, 0) is 8.85 Å². The van der Waals surface area contributed by atoms with Crippen LogP contribution in [0.25, 0.3) is 0 Å². The summed E-state index contributed by atoms with van der Waals surface area (Å²) in [6.07, 6.45) is 9.14. The molecule has 0 aliphatic rings. The third kappa shape index (κ3) is 10.4. The average molecular weight is 232 g/mol. The van der Waals surface area contributed by atoms with Crippen LogP contribution in [0.4, 0.5) is 0 Å². The van der Waals surface area contributed by atoms with Crippen molar-refractivity contribution in [1.29, 1.82) is 0 Å². The molecule has 0 amide bonds. The minimum Gasteiger partial charge on any atom is -0.399 e. The summed E-state index contributed by atoms with van der Waals surface area (Å²) < 4.78 is 11.4. The summed E-state index contributed by atoms with van der Waals surface area (Å²) in [5.41, 5.74) is 0. The van der Waals surface area contributed by atoms with Crippen molar-refractivity contribution in [3.05, 3.63) is 0 Å². The first kappa shape index (κ1) is 15.1. The number of hydrogen-bond donors (Lipinski definition) is 0. The van der Waals surface area contributed by atoms with Gasteiger partial charge in [0, 0.05) is 12.7 Å². The molecule has 0 unspecified atom stereocenters. The van der Waals surface area contributed by atoms with Gasteiger partial charge in [-0.3, -0.25) is 0 Å². The predicted molar refractivity (Wildman–Crippen MR) is 68.7 cm³/mol. The quantitative estimate of drug-likeness (QED) is 0.402. The summed E-state index contributed by atoms with van der Waals surface area (Å²) in [4.78, 5) is 0. The second-order valence-corrected chi connectivity index (χ2v) is 5.08. The lowest BCUT2D eigenvalue weighted by atomic mass is 10.1. The Balaban J connectivity index is 3.49. The molecule has 0 aromatic heterocycles. The molecule has 92 valence electrons. The zero-order chi connectivity index (χ0) is 11.4. The largest absolute Gasteiger partial charge is 0.399 e. The van der Waals surface area contributed by atoms with Crippen molar-refractivity contribution in [3.63, 3.8) is 0 Å². The summed E-state index contributed by atoms with van der Waals surface area (Å²) in [6.45, 7) is 7.49. The van der Waals surface area contributed by atoms with Crippen LogP contribution in [0.2, 0.25) is 0 Å². The fourth-order valence-electron chi connectivity index (χ4n) is 1.52. The fourth-order valence-corrected chi connectivity index (χ4v) is 2.55. The van der Waals surface area contributed by atoms with Crippen molar-refractivity contribution in [2.24, 2.45) is 0 Å². The summed E-state index contributed by atoms with van der Waals surface area (Å²) in [5, 5.41) is 0. The van der Waals surface area contributed by atoms with Gasteiger partial charge in [-0.25, -0.2) is 0 Å². The van der Waals surface area contributed by atoms with Gasteiger partial charge in [0.05, 0.1) is 0 Å². The van der Waals surface area contributed by atoms with Crippen LogP contribution in [0.1, 0.15) is 65.7 Å². The molecule has 0 aromatic rings. The molecule has 0 bridgehead atoms. The Kier molecular flexibility index (Phi) is 12.3. The molecule has 0 aromatic carbocycles. The summed E-state index contributed by atoms with van der Waals surface area (Å²) in [7, 11) is -0.703. The Labute approximate surface area is 97.8 Å². The summed E-state index contributed by atoms with van der Waals surface area (Å²) >= 11 is 0. The molecule has 0 heterocycles. The van der Waals surface area contributed by atoms with Crippen LogP contribution in [-0.4, -0.2) is 22.7 Å².